The second-order valence-corrected chi connectivity index (χ2v) is 10.3. The van der Waals surface area contributed by atoms with Gasteiger partial charge in [0.1, 0.15) is 9.88 Å². The van der Waals surface area contributed by atoms with Gasteiger partial charge in [0.15, 0.2) is 0 Å². The quantitative estimate of drug-likeness (QED) is 0.563. The highest BCUT2D eigenvalue weighted by Gasteiger charge is 2.24. The molecular formula is C20H23N3O3S3. The maximum atomic E-state index is 12.9. The molecular weight excluding hydrogens is 426 g/mol. The number of sulfonamides is 1. The molecule has 29 heavy (non-hydrogen) atoms. The van der Waals surface area contributed by atoms with E-state index in [-0.39, 0.29) is 10.8 Å². The second kappa shape index (κ2) is 8.74. The number of hydrogen-bond donors (Lipinski definition) is 1. The van der Waals surface area contributed by atoms with Crippen LogP contribution in [0.2, 0.25) is 0 Å². The fourth-order valence-electron chi connectivity index (χ4n) is 2.96. The van der Waals surface area contributed by atoms with Gasteiger partial charge in [0.2, 0.25) is 10.0 Å². The number of nitrogens with zero attached hydrogens (tertiary/aromatic N) is 2. The molecule has 0 radical (unpaired) electrons. The van der Waals surface area contributed by atoms with Crippen LogP contribution < -0.4 is 5.32 Å². The molecule has 1 N–H and O–H groups in total. The van der Waals surface area contributed by atoms with Crippen molar-refractivity contribution in [3.05, 3.63) is 51.8 Å². The van der Waals surface area contributed by atoms with E-state index in [4.69, 9.17) is 0 Å². The summed E-state index contributed by atoms with van der Waals surface area (Å²) in [5.74, 6) is -0.294. The summed E-state index contributed by atoms with van der Waals surface area (Å²) in [5.41, 5.74) is 1.74. The SMILES string of the molecule is CCN(CC)S(=O)(=O)c1cc(NC(=O)c2sc(-c3cccs3)nc2C)ccc1C. The van der Waals surface area contributed by atoms with Crippen molar-refractivity contribution in [1.82, 2.24) is 9.29 Å². The zero-order valence-corrected chi connectivity index (χ0v) is 19.2. The molecule has 6 nitrogen and oxygen atoms in total. The van der Waals surface area contributed by atoms with Gasteiger partial charge in [-0.2, -0.15) is 4.31 Å². The first-order chi connectivity index (χ1) is 13.8. The second-order valence-electron chi connectivity index (χ2n) is 6.43. The summed E-state index contributed by atoms with van der Waals surface area (Å²) in [6.45, 7) is 7.94. The summed E-state index contributed by atoms with van der Waals surface area (Å²) in [5, 5.41) is 5.59. The summed E-state index contributed by atoms with van der Waals surface area (Å²) >= 11 is 2.90. The van der Waals surface area contributed by atoms with Crippen molar-refractivity contribution >= 4 is 44.3 Å². The Bertz CT molecular complexity index is 1120. The smallest absolute Gasteiger partial charge is 0.267 e. The van der Waals surface area contributed by atoms with E-state index < -0.39 is 10.0 Å². The highest BCUT2D eigenvalue weighted by atomic mass is 32.2. The molecule has 0 spiro atoms. The van der Waals surface area contributed by atoms with Gasteiger partial charge < -0.3 is 5.32 Å². The average Bonchev–Trinajstić information content (AvgIpc) is 3.33. The van der Waals surface area contributed by atoms with Gasteiger partial charge in [0.25, 0.3) is 5.91 Å². The first-order valence-electron chi connectivity index (χ1n) is 9.21. The molecule has 3 rings (SSSR count). The Labute approximate surface area is 179 Å². The van der Waals surface area contributed by atoms with Gasteiger partial charge in [-0.3, -0.25) is 4.79 Å². The van der Waals surface area contributed by atoms with Crippen molar-refractivity contribution in [2.75, 3.05) is 18.4 Å². The van der Waals surface area contributed by atoms with E-state index in [1.807, 2.05) is 17.5 Å². The van der Waals surface area contributed by atoms with Gasteiger partial charge in [0, 0.05) is 18.8 Å². The van der Waals surface area contributed by atoms with E-state index in [0.29, 0.717) is 34.9 Å². The fraction of sp³-hybridized carbons (Fsp3) is 0.300. The van der Waals surface area contributed by atoms with E-state index in [2.05, 4.69) is 10.3 Å². The molecule has 0 bridgehead atoms. The molecule has 0 aliphatic carbocycles. The van der Waals surface area contributed by atoms with Crippen LogP contribution in [-0.4, -0.2) is 36.7 Å². The van der Waals surface area contributed by atoms with Crippen LogP contribution in [0.25, 0.3) is 9.88 Å². The summed E-state index contributed by atoms with van der Waals surface area (Å²) in [7, 11) is -3.61. The molecule has 0 unspecified atom stereocenters. The Morgan fingerprint density at radius 2 is 1.90 bits per heavy atom. The number of thiazole rings is 1. The van der Waals surface area contributed by atoms with Crippen molar-refractivity contribution in [3.63, 3.8) is 0 Å². The monoisotopic (exact) mass is 449 g/mol. The molecule has 2 aromatic heterocycles. The van der Waals surface area contributed by atoms with Crippen LogP contribution in [0, 0.1) is 13.8 Å². The molecule has 154 valence electrons. The zero-order valence-electron chi connectivity index (χ0n) is 16.7. The number of amides is 1. The van der Waals surface area contributed by atoms with Crippen LogP contribution in [0.15, 0.2) is 40.6 Å². The van der Waals surface area contributed by atoms with Crippen molar-refractivity contribution in [1.29, 1.82) is 0 Å². The Morgan fingerprint density at radius 3 is 2.52 bits per heavy atom. The van der Waals surface area contributed by atoms with Crippen LogP contribution in [0.4, 0.5) is 5.69 Å². The summed E-state index contributed by atoms with van der Waals surface area (Å²) in [4.78, 5) is 19.0. The Balaban J connectivity index is 1.89. The molecule has 3 aromatic rings. The molecule has 0 saturated heterocycles. The van der Waals surface area contributed by atoms with Crippen LogP contribution in [0.1, 0.15) is 34.8 Å². The van der Waals surface area contributed by atoms with E-state index in [9.17, 15) is 13.2 Å². The maximum Gasteiger partial charge on any atom is 0.267 e. The standard InChI is InChI=1S/C20H23N3O3S3/c1-5-23(6-2)29(25,26)17-12-15(10-9-13(17)3)22-19(24)18-14(4)21-20(28-18)16-8-7-11-27-16/h7-12H,5-6H2,1-4H3,(H,22,24). The number of aromatic nitrogens is 1. The Hall–Kier alpha value is -2.07. The number of thiophene rings is 1. The minimum atomic E-state index is -3.61. The van der Waals surface area contributed by atoms with Crippen molar-refractivity contribution < 1.29 is 13.2 Å². The van der Waals surface area contributed by atoms with E-state index in [1.54, 1.807) is 51.2 Å². The van der Waals surface area contributed by atoms with E-state index in [0.717, 1.165) is 9.88 Å². The maximum absolute atomic E-state index is 12.9. The molecule has 2 heterocycles. The topological polar surface area (TPSA) is 79.4 Å². The van der Waals surface area contributed by atoms with Gasteiger partial charge in [-0.25, -0.2) is 13.4 Å². The zero-order chi connectivity index (χ0) is 21.2. The lowest BCUT2D eigenvalue weighted by Crippen LogP contribution is -2.31. The van der Waals surface area contributed by atoms with Gasteiger partial charge in [0.05, 0.1) is 15.5 Å². The number of anilines is 1. The van der Waals surface area contributed by atoms with Crippen LogP contribution in [0.5, 0.6) is 0 Å². The first-order valence-corrected chi connectivity index (χ1v) is 12.3. The lowest BCUT2D eigenvalue weighted by molar-refractivity contribution is 0.102. The van der Waals surface area contributed by atoms with Crippen molar-refractivity contribution in [2.24, 2.45) is 0 Å². The van der Waals surface area contributed by atoms with Crippen molar-refractivity contribution in [3.8, 4) is 9.88 Å². The fourth-order valence-corrected chi connectivity index (χ4v) is 6.43. The minimum Gasteiger partial charge on any atom is -0.321 e. The number of benzene rings is 1. The third kappa shape index (κ3) is 4.42. The largest absolute Gasteiger partial charge is 0.321 e. The van der Waals surface area contributed by atoms with Crippen LogP contribution in [0.3, 0.4) is 0 Å². The summed E-state index contributed by atoms with van der Waals surface area (Å²) < 4.78 is 27.2. The Morgan fingerprint density at radius 1 is 1.17 bits per heavy atom. The molecule has 0 atom stereocenters. The molecule has 9 heteroatoms. The number of rotatable bonds is 7. The summed E-state index contributed by atoms with van der Waals surface area (Å²) in [6, 6.07) is 8.86. The highest BCUT2D eigenvalue weighted by molar-refractivity contribution is 7.89. The van der Waals surface area contributed by atoms with E-state index >= 15 is 0 Å². The number of carbonyl (C=O) groups excluding carboxylic acids is 1. The van der Waals surface area contributed by atoms with Gasteiger partial charge in [-0.05, 0) is 43.0 Å². The average molecular weight is 450 g/mol. The van der Waals surface area contributed by atoms with Gasteiger partial charge in [-0.1, -0.05) is 26.0 Å². The van der Waals surface area contributed by atoms with Crippen LogP contribution >= 0.6 is 22.7 Å². The number of aryl methyl sites for hydroxylation is 2. The molecule has 0 aliphatic heterocycles. The number of hydrogen-bond acceptors (Lipinski definition) is 6. The van der Waals surface area contributed by atoms with Crippen molar-refractivity contribution in [2.45, 2.75) is 32.6 Å². The third-order valence-corrected chi connectivity index (χ3v) is 8.89. The molecule has 1 amide bonds. The predicted octanol–water partition coefficient (Wildman–Crippen LogP) is 4.77. The molecule has 0 saturated carbocycles. The molecule has 1 aromatic carbocycles. The number of carbonyl (C=O) groups is 1. The molecule has 0 fully saturated rings. The third-order valence-electron chi connectivity index (χ3n) is 4.50. The first kappa shape index (κ1) is 21.6. The van der Waals surface area contributed by atoms with Crippen LogP contribution in [-0.2, 0) is 10.0 Å². The normalized spacial score (nSPS) is 11.8. The lowest BCUT2D eigenvalue weighted by Gasteiger charge is -2.20. The minimum absolute atomic E-state index is 0.208. The lowest BCUT2D eigenvalue weighted by atomic mass is 10.2. The highest BCUT2D eigenvalue weighted by Crippen LogP contribution is 2.32. The summed E-state index contributed by atoms with van der Waals surface area (Å²) in [6.07, 6.45) is 0. The molecule has 0 aliphatic rings. The Kier molecular flexibility index (Phi) is 6.52. The number of nitrogens with one attached hydrogen (secondary N) is 1. The predicted molar refractivity (Wildman–Crippen MR) is 119 cm³/mol. The van der Waals surface area contributed by atoms with Gasteiger partial charge >= 0.3 is 0 Å². The van der Waals surface area contributed by atoms with Gasteiger partial charge in [-0.15, -0.1) is 22.7 Å². The van der Waals surface area contributed by atoms with E-state index in [1.165, 1.54) is 21.7 Å².